The van der Waals surface area contributed by atoms with Crippen LogP contribution in [0.3, 0.4) is 0 Å². The Labute approximate surface area is 134 Å². The quantitative estimate of drug-likeness (QED) is 0.864. The summed E-state index contributed by atoms with van der Waals surface area (Å²) in [5, 5.41) is 2.97. The minimum absolute atomic E-state index is 0.118. The molecule has 1 aliphatic rings. The van der Waals surface area contributed by atoms with Gasteiger partial charge in [-0.25, -0.2) is 4.98 Å². The number of carbonyl (C=O) groups excluding carboxylic acids is 1. The van der Waals surface area contributed by atoms with Crippen molar-refractivity contribution in [3.8, 4) is 0 Å². The average molecular weight is 317 g/mol. The smallest absolute Gasteiger partial charge is 0.228 e. The van der Waals surface area contributed by atoms with Crippen LogP contribution in [0.1, 0.15) is 23.3 Å². The molecule has 1 saturated heterocycles. The summed E-state index contributed by atoms with van der Waals surface area (Å²) < 4.78 is 5.46. The molecule has 0 spiro atoms. The number of nitrogens with zero attached hydrogens (tertiary/aromatic N) is 3. The minimum Gasteiger partial charge on any atom is -0.375 e. The van der Waals surface area contributed by atoms with E-state index in [1.165, 1.54) is 0 Å². The number of hydrogen-bond donors (Lipinski definition) is 0. The van der Waals surface area contributed by atoms with Gasteiger partial charge in [-0.2, -0.15) is 0 Å². The van der Waals surface area contributed by atoms with E-state index >= 15 is 0 Å². The highest BCUT2D eigenvalue weighted by Crippen LogP contribution is 2.15. The Hall–Kier alpha value is -1.79. The van der Waals surface area contributed by atoms with Gasteiger partial charge in [0.05, 0.1) is 29.8 Å². The molecule has 3 rings (SSSR count). The monoisotopic (exact) mass is 317 g/mol. The molecule has 2 aromatic heterocycles. The Morgan fingerprint density at radius 2 is 2.36 bits per heavy atom. The van der Waals surface area contributed by atoms with Gasteiger partial charge in [0.1, 0.15) is 0 Å². The van der Waals surface area contributed by atoms with Crippen LogP contribution in [0.4, 0.5) is 0 Å². The van der Waals surface area contributed by atoms with Crippen LogP contribution < -0.4 is 0 Å². The molecule has 0 unspecified atom stereocenters. The standard InChI is InChI=1S/C16H19N3O2S/c1-12-10-19(6-7-21-12)16(20)9-14-11-22-15(18-14)8-13-4-2-3-5-17-13/h2-5,11-12H,6-10H2,1H3/t12-/m0/s1. The maximum Gasteiger partial charge on any atom is 0.228 e. The maximum absolute atomic E-state index is 12.3. The highest BCUT2D eigenvalue weighted by molar-refractivity contribution is 7.09. The molecule has 1 amide bonds. The van der Waals surface area contributed by atoms with E-state index in [2.05, 4.69) is 9.97 Å². The van der Waals surface area contributed by atoms with Crippen molar-refractivity contribution >= 4 is 17.2 Å². The van der Waals surface area contributed by atoms with Crippen LogP contribution in [0.15, 0.2) is 29.8 Å². The molecule has 1 aliphatic heterocycles. The molecule has 0 radical (unpaired) electrons. The zero-order valence-electron chi connectivity index (χ0n) is 12.6. The first-order valence-electron chi connectivity index (χ1n) is 7.43. The predicted molar refractivity (Wildman–Crippen MR) is 84.9 cm³/mol. The fourth-order valence-electron chi connectivity index (χ4n) is 2.48. The van der Waals surface area contributed by atoms with E-state index in [1.54, 1.807) is 17.5 Å². The third-order valence-electron chi connectivity index (χ3n) is 3.58. The molecule has 1 atom stereocenters. The fraction of sp³-hybridized carbons (Fsp3) is 0.438. The van der Waals surface area contributed by atoms with Crippen molar-refractivity contribution in [3.05, 3.63) is 46.2 Å². The molecule has 2 aromatic rings. The lowest BCUT2D eigenvalue weighted by molar-refractivity contribution is -0.137. The third kappa shape index (κ3) is 3.90. The first-order chi connectivity index (χ1) is 10.7. The highest BCUT2D eigenvalue weighted by Gasteiger charge is 2.22. The van der Waals surface area contributed by atoms with Crippen LogP contribution >= 0.6 is 11.3 Å². The number of aromatic nitrogens is 2. The van der Waals surface area contributed by atoms with Crippen molar-refractivity contribution in [2.45, 2.75) is 25.9 Å². The van der Waals surface area contributed by atoms with Gasteiger partial charge in [-0.3, -0.25) is 9.78 Å². The van der Waals surface area contributed by atoms with Crippen molar-refractivity contribution in [1.29, 1.82) is 0 Å². The van der Waals surface area contributed by atoms with Crippen molar-refractivity contribution in [2.24, 2.45) is 0 Å². The molecular formula is C16H19N3O2S. The Bertz CT molecular complexity index is 629. The summed E-state index contributed by atoms with van der Waals surface area (Å²) in [6.45, 7) is 3.96. The number of pyridine rings is 1. The third-order valence-corrected chi connectivity index (χ3v) is 4.48. The van der Waals surface area contributed by atoms with Crippen molar-refractivity contribution in [3.63, 3.8) is 0 Å². The van der Waals surface area contributed by atoms with E-state index in [0.717, 1.165) is 16.4 Å². The van der Waals surface area contributed by atoms with Crippen molar-refractivity contribution < 1.29 is 9.53 Å². The van der Waals surface area contributed by atoms with Crippen molar-refractivity contribution in [2.75, 3.05) is 19.7 Å². The summed E-state index contributed by atoms with van der Waals surface area (Å²) in [7, 11) is 0. The van der Waals surface area contributed by atoms with Gasteiger partial charge in [0.2, 0.25) is 5.91 Å². The van der Waals surface area contributed by atoms with Gasteiger partial charge in [-0.15, -0.1) is 11.3 Å². The molecule has 0 saturated carbocycles. The number of carbonyl (C=O) groups is 1. The van der Waals surface area contributed by atoms with Gasteiger partial charge in [-0.1, -0.05) is 6.07 Å². The molecule has 0 N–H and O–H groups in total. The second-order valence-electron chi connectivity index (χ2n) is 5.43. The Morgan fingerprint density at radius 1 is 1.45 bits per heavy atom. The van der Waals surface area contributed by atoms with Crippen LogP contribution in [-0.4, -0.2) is 46.6 Å². The topological polar surface area (TPSA) is 55.3 Å². The molecule has 0 bridgehead atoms. The van der Waals surface area contributed by atoms with E-state index in [9.17, 15) is 4.79 Å². The second kappa shape index (κ2) is 6.98. The average Bonchev–Trinajstić information content (AvgIpc) is 2.95. The SMILES string of the molecule is C[C@H]1CN(C(=O)Cc2csc(Cc3ccccn3)n2)CCO1. The molecule has 1 fully saturated rings. The number of hydrogen-bond acceptors (Lipinski definition) is 5. The van der Waals surface area contributed by atoms with E-state index in [1.807, 2.05) is 35.4 Å². The Morgan fingerprint density at radius 3 is 3.14 bits per heavy atom. The Kier molecular flexibility index (Phi) is 4.80. The molecule has 0 aromatic carbocycles. The van der Waals surface area contributed by atoms with Gasteiger partial charge >= 0.3 is 0 Å². The van der Waals surface area contributed by atoms with Crippen LogP contribution in [0.5, 0.6) is 0 Å². The summed E-state index contributed by atoms with van der Waals surface area (Å²) in [6, 6.07) is 5.86. The summed E-state index contributed by atoms with van der Waals surface area (Å²) >= 11 is 1.59. The predicted octanol–water partition coefficient (Wildman–Crippen LogP) is 1.92. The number of morpholine rings is 1. The zero-order chi connectivity index (χ0) is 15.4. The molecule has 116 valence electrons. The van der Waals surface area contributed by atoms with Crippen LogP contribution in [0.25, 0.3) is 0 Å². The van der Waals surface area contributed by atoms with Gasteiger partial charge < -0.3 is 9.64 Å². The minimum atomic E-state index is 0.118. The van der Waals surface area contributed by atoms with Crippen molar-refractivity contribution in [1.82, 2.24) is 14.9 Å². The van der Waals surface area contributed by atoms with E-state index in [-0.39, 0.29) is 12.0 Å². The first kappa shape index (κ1) is 15.1. The molecule has 22 heavy (non-hydrogen) atoms. The van der Waals surface area contributed by atoms with Gasteiger partial charge in [-0.05, 0) is 19.1 Å². The number of ether oxygens (including phenoxy) is 1. The van der Waals surface area contributed by atoms with E-state index in [4.69, 9.17) is 4.74 Å². The number of amides is 1. The number of thiazole rings is 1. The summed E-state index contributed by atoms with van der Waals surface area (Å²) in [6.07, 6.45) is 2.99. The van der Waals surface area contributed by atoms with Crippen LogP contribution in [0.2, 0.25) is 0 Å². The van der Waals surface area contributed by atoms with E-state index < -0.39 is 0 Å². The molecular weight excluding hydrogens is 298 g/mol. The zero-order valence-corrected chi connectivity index (χ0v) is 13.4. The lowest BCUT2D eigenvalue weighted by atomic mass is 10.2. The molecule has 3 heterocycles. The molecule has 6 heteroatoms. The van der Waals surface area contributed by atoms with Crippen LogP contribution in [0, 0.1) is 0 Å². The van der Waals surface area contributed by atoms with Gasteiger partial charge in [0.15, 0.2) is 0 Å². The first-order valence-corrected chi connectivity index (χ1v) is 8.31. The summed E-state index contributed by atoms with van der Waals surface area (Å²) in [5.74, 6) is 0.129. The fourth-order valence-corrected chi connectivity index (χ4v) is 3.29. The lowest BCUT2D eigenvalue weighted by Crippen LogP contribution is -2.45. The maximum atomic E-state index is 12.3. The number of rotatable bonds is 4. The van der Waals surface area contributed by atoms with Crippen LogP contribution in [-0.2, 0) is 22.4 Å². The largest absolute Gasteiger partial charge is 0.375 e. The molecule has 5 nitrogen and oxygen atoms in total. The molecule has 0 aliphatic carbocycles. The summed E-state index contributed by atoms with van der Waals surface area (Å²) in [4.78, 5) is 23.0. The highest BCUT2D eigenvalue weighted by atomic mass is 32.1. The van der Waals surface area contributed by atoms with Gasteiger partial charge in [0, 0.05) is 36.8 Å². The second-order valence-corrected chi connectivity index (χ2v) is 6.37. The summed E-state index contributed by atoms with van der Waals surface area (Å²) in [5.41, 5.74) is 1.84. The van der Waals surface area contributed by atoms with E-state index in [0.29, 0.717) is 32.5 Å². The lowest BCUT2D eigenvalue weighted by Gasteiger charge is -2.31. The van der Waals surface area contributed by atoms with Gasteiger partial charge in [0.25, 0.3) is 0 Å². The Balaban J connectivity index is 1.58. The normalized spacial score (nSPS) is 18.4.